The van der Waals surface area contributed by atoms with Crippen molar-refractivity contribution < 1.29 is 18.7 Å². The van der Waals surface area contributed by atoms with Gasteiger partial charge in [-0.1, -0.05) is 12.1 Å². The lowest BCUT2D eigenvalue weighted by molar-refractivity contribution is -0.119. The highest BCUT2D eigenvalue weighted by atomic mass is 19.1. The second-order valence-electron chi connectivity index (χ2n) is 7.21. The molecule has 1 amide bonds. The molecule has 1 N–H and O–H groups in total. The summed E-state index contributed by atoms with van der Waals surface area (Å²) in [6.45, 7) is 5.11. The molecule has 3 rings (SSSR count). The number of alkyl halides is 1. The number of nitrogens with zero attached hydrogens (tertiary/aromatic N) is 2. The van der Waals surface area contributed by atoms with Gasteiger partial charge in [0.25, 0.3) is 0 Å². The number of anilines is 1. The number of rotatable bonds is 9. The van der Waals surface area contributed by atoms with E-state index in [0.717, 1.165) is 36.5 Å². The number of halogens is 1. The average Bonchev–Trinajstić information content (AvgIpc) is 3.17. The lowest BCUT2D eigenvalue weighted by Gasteiger charge is -2.19. The monoisotopic (exact) mass is 401 g/mol. The van der Waals surface area contributed by atoms with Crippen LogP contribution in [0.15, 0.2) is 42.6 Å². The fourth-order valence-electron chi connectivity index (χ4n) is 3.35. The van der Waals surface area contributed by atoms with E-state index in [2.05, 4.69) is 15.2 Å². The Labute approximate surface area is 171 Å². The van der Waals surface area contributed by atoms with E-state index in [1.807, 2.05) is 43.3 Å². The van der Waals surface area contributed by atoms with Crippen LogP contribution in [0.25, 0.3) is 0 Å². The third kappa shape index (κ3) is 6.07. The minimum absolute atomic E-state index is 0.0278. The van der Waals surface area contributed by atoms with Crippen molar-refractivity contribution in [3.63, 3.8) is 0 Å². The molecule has 0 saturated carbocycles. The Kier molecular flexibility index (Phi) is 7.27. The Morgan fingerprint density at radius 2 is 2.10 bits per heavy atom. The summed E-state index contributed by atoms with van der Waals surface area (Å²) in [5.41, 5.74) is 2.06. The van der Waals surface area contributed by atoms with Crippen LogP contribution in [0.5, 0.6) is 11.6 Å². The first kappa shape index (κ1) is 20.9. The topological polar surface area (TPSA) is 63.7 Å². The van der Waals surface area contributed by atoms with E-state index in [-0.39, 0.29) is 24.7 Å². The maximum Gasteiger partial charge on any atom is 0.217 e. The molecule has 0 bridgehead atoms. The number of amides is 1. The van der Waals surface area contributed by atoms with Gasteiger partial charge >= 0.3 is 0 Å². The summed E-state index contributed by atoms with van der Waals surface area (Å²) in [7, 11) is 0. The van der Waals surface area contributed by atoms with E-state index in [9.17, 15) is 9.18 Å². The number of nitrogens with one attached hydrogen (secondary N) is 1. The summed E-state index contributed by atoms with van der Waals surface area (Å²) in [5, 5.41) is 2.88. The van der Waals surface area contributed by atoms with Crippen LogP contribution in [0.3, 0.4) is 0 Å². The quantitative estimate of drug-likeness (QED) is 0.650. The molecule has 1 aliphatic rings. The normalized spacial score (nSPS) is 17.1. The number of aromatic nitrogens is 1. The maximum absolute atomic E-state index is 12.1. The van der Waals surface area contributed by atoms with Gasteiger partial charge in [0.05, 0.1) is 37.8 Å². The van der Waals surface area contributed by atoms with Gasteiger partial charge in [-0.05, 0) is 30.7 Å². The molecular formula is C22H28FN3O3. The molecule has 0 spiro atoms. The standard InChI is InChI=1S/C22H28FN3O3/c1-16(25-17(2)27)18-4-7-20(8-5-18)29-21-10-12-26(15-21)19-6-9-22(24-14-19)28-13-3-11-23/h4-9,14,16,21H,3,10-13,15H2,1-2H3,(H,25,27)/t16-,21?/m0/s1. The Balaban J connectivity index is 1.50. The number of ether oxygens (including phenoxy) is 2. The summed E-state index contributed by atoms with van der Waals surface area (Å²) in [4.78, 5) is 17.7. The molecule has 2 heterocycles. The van der Waals surface area contributed by atoms with Gasteiger partial charge in [-0.3, -0.25) is 9.18 Å². The SMILES string of the molecule is CC(=O)N[C@@H](C)c1ccc(OC2CCN(c3ccc(OCCCF)nc3)C2)cc1. The Morgan fingerprint density at radius 3 is 2.76 bits per heavy atom. The lowest BCUT2D eigenvalue weighted by atomic mass is 10.1. The van der Waals surface area contributed by atoms with Crippen LogP contribution in [0.2, 0.25) is 0 Å². The van der Waals surface area contributed by atoms with Gasteiger partial charge in [-0.25, -0.2) is 4.98 Å². The molecule has 0 aliphatic carbocycles. The smallest absolute Gasteiger partial charge is 0.217 e. The highest BCUT2D eigenvalue weighted by Crippen LogP contribution is 2.25. The van der Waals surface area contributed by atoms with Crippen LogP contribution in [-0.2, 0) is 4.79 Å². The number of carbonyl (C=O) groups is 1. The van der Waals surface area contributed by atoms with E-state index in [4.69, 9.17) is 9.47 Å². The van der Waals surface area contributed by atoms with Gasteiger partial charge in [0.2, 0.25) is 11.8 Å². The number of hydrogen-bond donors (Lipinski definition) is 1. The van der Waals surface area contributed by atoms with Gasteiger partial charge in [0.1, 0.15) is 11.9 Å². The Bertz CT molecular complexity index is 783. The highest BCUT2D eigenvalue weighted by molar-refractivity contribution is 5.73. The summed E-state index contributed by atoms with van der Waals surface area (Å²) >= 11 is 0. The van der Waals surface area contributed by atoms with E-state index < -0.39 is 0 Å². The largest absolute Gasteiger partial charge is 0.489 e. The molecule has 1 aromatic carbocycles. The van der Waals surface area contributed by atoms with Crippen molar-refractivity contribution in [2.75, 3.05) is 31.3 Å². The second-order valence-corrected chi connectivity index (χ2v) is 7.21. The molecule has 1 unspecified atom stereocenters. The second kappa shape index (κ2) is 10.1. The molecule has 2 atom stereocenters. The van der Waals surface area contributed by atoms with Gasteiger partial charge in [-0.2, -0.15) is 0 Å². The average molecular weight is 401 g/mol. The van der Waals surface area contributed by atoms with E-state index in [1.54, 1.807) is 6.20 Å². The van der Waals surface area contributed by atoms with Crippen molar-refractivity contribution in [1.29, 1.82) is 0 Å². The van der Waals surface area contributed by atoms with Crippen molar-refractivity contribution in [1.82, 2.24) is 10.3 Å². The molecule has 1 aromatic heterocycles. The van der Waals surface area contributed by atoms with E-state index in [1.165, 1.54) is 6.92 Å². The van der Waals surface area contributed by atoms with Gasteiger partial charge in [-0.15, -0.1) is 0 Å². The highest BCUT2D eigenvalue weighted by Gasteiger charge is 2.24. The first-order valence-electron chi connectivity index (χ1n) is 9.98. The fourth-order valence-corrected chi connectivity index (χ4v) is 3.35. The van der Waals surface area contributed by atoms with Crippen molar-refractivity contribution in [3.05, 3.63) is 48.2 Å². The van der Waals surface area contributed by atoms with Gasteiger partial charge in [0.15, 0.2) is 0 Å². The van der Waals surface area contributed by atoms with Crippen LogP contribution >= 0.6 is 0 Å². The first-order chi connectivity index (χ1) is 14.0. The molecule has 29 heavy (non-hydrogen) atoms. The molecule has 6 nitrogen and oxygen atoms in total. The zero-order valence-corrected chi connectivity index (χ0v) is 16.9. The molecule has 0 radical (unpaired) electrons. The van der Waals surface area contributed by atoms with Gasteiger partial charge < -0.3 is 19.7 Å². The molecule has 1 saturated heterocycles. The summed E-state index contributed by atoms with van der Waals surface area (Å²) < 4.78 is 23.6. The summed E-state index contributed by atoms with van der Waals surface area (Å²) in [6.07, 6.45) is 3.19. The summed E-state index contributed by atoms with van der Waals surface area (Å²) in [6, 6.07) is 11.6. The van der Waals surface area contributed by atoms with Crippen LogP contribution < -0.4 is 19.7 Å². The van der Waals surface area contributed by atoms with Crippen LogP contribution in [0.4, 0.5) is 10.1 Å². The molecule has 1 aliphatic heterocycles. The number of benzene rings is 1. The fraction of sp³-hybridized carbons (Fsp3) is 0.455. The van der Waals surface area contributed by atoms with Crippen molar-refractivity contribution >= 4 is 11.6 Å². The summed E-state index contributed by atoms with van der Waals surface area (Å²) in [5.74, 6) is 1.30. The predicted molar refractivity (Wildman–Crippen MR) is 110 cm³/mol. The minimum Gasteiger partial charge on any atom is -0.489 e. The zero-order valence-electron chi connectivity index (χ0n) is 16.9. The van der Waals surface area contributed by atoms with Crippen LogP contribution in [0.1, 0.15) is 38.3 Å². The number of hydrogen-bond acceptors (Lipinski definition) is 5. The number of carbonyl (C=O) groups excluding carboxylic acids is 1. The Morgan fingerprint density at radius 1 is 1.31 bits per heavy atom. The molecule has 1 fully saturated rings. The third-order valence-corrected chi connectivity index (χ3v) is 4.86. The van der Waals surface area contributed by atoms with Crippen molar-refractivity contribution in [3.8, 4) is 11.6 Å². The lowest BCUT2D eigenvalue weighted by Crippen LogP contribution is -2.25. The maximum atomic E-state index is 12.1. The van der Waals surface area contributed by atoms with Gasteiger partial charge in [0, 0.05) is 32.4 Å². The van der Waals surface area contributed by atoms with Crippen LogP contribution in [0, 0.1) is 0 Å². The molecule has 2 aromatic rings. The Hall–Kier alpha value is -2.83. The molecule has 156 valence electrons. The number of pyridine rings is 1. The van der Waals surface area contributed by atoms with E-state index >= 15 is 0 Å². The third-order valence-electron chi connectivity index (χ3n) is 4.86. The minimum atomic E-state index is -0.385. The van der Waals surface area contributed by atoms with Crippen molar-refractivity contribution in [2.45, 2.75) is 38.8 Å². The van der Waals surface area contributed by atoms with Crippen LogP contribution in [-0.4, -0.2) is 43.4 Å². The first-order valence-corrected chi connectivity index (χ1v) is 9.98. The van der Waals surface area contributed by atoms with Crippen molar-refractivity contribution in [2.24, 2.45) is 0 Å². The van der Waals surface area contributed by atoms with E-state index in [0.29, 0.717) is 18.9 Å². The predicted octanol–water partition coefficient (Wildman–Crippen LogP) is 3.67. The molecular weight excluding hydrogens is 373 g/mol. The molecule has 7 heteroatoms. The zero-order chi connectivity index (χ0) is 20.6.